The van der Waals surface area contributed by atoms with Gasteiger partial charge in [-0.2, -0.15) is 0 Å². The number of benzene rings is 1. The number of para-hydroxylation sites is 1. The minimum Gasteiger partial charge on any atom is -0.493 e. The Kier molecular flexibility index (Phi) is 5.81. The fourth-order valence-electron chi connectivity index (χ4n) is 2.31. The average molecular weight is 305 g/mol. The highest BCUT2D eigenvalue weighted by Gasteiger charge is 2.29. The van der Waals surface area contributed by atoms with Crippen LogP contribution in [-0.4, -0.2) is 29.6 Å². The van der Waals surface area contributed by atoms with Crippen molar-refractivity contribution in [3.63, 3.8) is 0 Å². The molecule has 120 valence electrons. The Balaban J connectivity index is 1.66. The molecular formula is C17H23NO4. The fraction of sp³-hybridized carbons (Fsp3) is 0.529. The second-order valence-electron chi connectivity index (χ2n) is 5.85. The van der Waals surface area contributed by atoms with E-state index in [1.165, 1.54) is 0 Å². The van der Waals surface area contributed by atoms with Crippen LogP contribution in [0.25, 0.3) is 0 Å². The van der Waals surface area contributed by atoms with Gasteiger partial charge in [0.25, 0.3) is 0 Å². The molecular weight excluding hydrogens is 282 g/mol. The van der Waals surface area contributed by atoms with Crippen LogP contribution < -0.4 is 10.1 Å². The highest BCUT2D eigenvalue weighted by atomic mass is 16.5. The Morgan fingerprint density at radius 3 is 2.73 bits per heavy atom. The third-order valence-corrected chi connectivity index (χ3v) is 3.80. The summed E-state index contributed by atoms with van der Waals surface area (Å²) >= 11 is 0. The number of aryl methyl sites for hydroxylation is 1. The quantitative estimate of drug-likeness (QED) is 0.687. The van der Waals surface area contributed by atoms with E-state index >= 15 is 0 Å². The number of ether oxygens (including phenoxy) is 1. The third-order valence-electron chi connectivity index (χ3n) is 3.80. The highest BCUT2D eigenvalue weighted by molar-refractivity contribution is 5.83. The summed E-state index contributed by atoms with van der Waals surface area (Å²) in [4.78, 5) is 22.9. The number of nitrogens with one attached hydrogen (secondary N) is 1. The maximum atomic E-state index is 11.8. The van der Waals surface area contributed by atoms with Gasteiger partial charge in [-0.25, -0.2) is 4.79 Å². The van der Waals surface area contributed by atoms with E-state index in [-0.39, 0.29) is 12.3 Å². The van der Waals surface area contributed by atoms with Crippen LogP contribution in [0.3, 0.4) is 0 Å². The number of hydrogen-bond acceptors (Lipinski definition) is 3. The molecule has 0 radical (unpaired) electrons. The lowest BCUT2D eigenvalue weighted by molar-refractivity contribution is -0.142. The molecule has 5 heteroatoms. The molecule has 22 heavy (non-hydrogen) atoms. The van der Waals surface area contributed by atoms with Gasteiger partial charge in [-0.3, -0.25) is 4.79 Å². The third kappa shape index (κ3) is 5.39. The smallest absolute Gasteiger partial charge is 0.326 e. The van der Waals surface area contributed by atoms with Gasteiger partial charge in [-0.05, 0) is 37.3 Å². The van der Waals surface area contributed by atoms with Crippen LogP contribution in [0.4, 0.5) is 0 Å². The summed E-state index contributed by atoms with van der Waals surface area (Å²) in [5, 5.41) is 11.7. The molecule has 1 aromatic carbocycles. The normalized spacial score (nSPS) is 15.1. The maximum Gasteiger partial charge on any atom is 0.326 e. The van der Waals surface area contributed by atoms with Crippen LogP contribution in [0.2, 0.25) is 0 Å². The molecule has 1 aromatic rings. The van der Waals surface area contributed by atoms with E-state index in [4.69, 9.17) is 9.84 Å². The molecule has 1 amide bonds. The highest BCUT2D eigenvalue weighted by Crippen LogP contribution is 2.33. The van der Waals surface area contributed by atoms with Gasteiger partial charge in [-0.1, -0.05) is 31.0 Å². The van der Waals surface area contributed by atoms with Crippen LogP contribution in [0, 0.1) is 12.8 Å². The summed E-state index contributed by atoms with van der Waals surface area (Å²) in [6.45, 7) is 2.41. The van der Waals surface area contributed by atoms with Crippen LogP contribution in [0.15, 0.2) is 24.3 Å². The van der Waals surface area contributed by atoms with Crippen molar-refractivity contribution in [2.45, 2.75) is 45.1 Å². The van der Waals surface area contributed by atoms with Gasteiger partial charge in [0.1, 0.15) is 11.8 Å². The number of aliphatic carboxylic acids is 1. The van der Waals surface area contributed by atoms with Crippen LogP contribution in [-0.2, 0) is 9.59 Å². The molecule has 1 aliphatic carbocycles. The number of carboxylic acids is 1. The fourth-order valence-corrected chi connectivity index (χ4v) is 2.31. The zero-order valence-corrected chi connectivity index (χ0v) is 12.9. The first-order valence-corrected chi connectivity index (χ1v) is 7.77. The first kappa shape index (κ1) is 16.3. The van der Waals surface area contributed by atoms with E-state index in [1.807, 2.05) is 31.2 Å². The predicted octanol–water partition coefficient (Wildman–Crippen LogP) is 2.52. The minimum atomic E-state index is -0.948. The molecule has 0 bridgehead atoms. The Bertz CT molecular complexity index is 525. The molecule has 1 saturated carbocycles. The van der Waals surface area contributed by atoms with E-state index in [0.29, 0.717) is 25.4 Å². The van der Waals surface area contributed by atoms with Crippen molar-refractivity contribution < 1.29 is 19.4 Å². The van der Waals surface area contributed by atoms with Gasteiger partial charge < -0.3 is 15.2 Å². The van der Waals surface area contributed by atoms with Gasteiger partial charge in [0.15, 0.2) is 0 Å². The molecule has 0 heterocycles. The summed E-state index contributed by atoms with van der Waals surface area (Å²) in [5.74, 6) is 0.115. The van der Waals surface area contributed by atoms with Gasteiger partial charge in [0, 0.05) is 6.42 Å². The lowest BCUT2D eigenvalue weighted by Gasteiger charge is -2.14. The second-order valence-corrected chi connectivity index (χ2v) is 5.85. The molecule has 1 fully saturated rings. The number of rotatable bonds is 9. The Morgan fingerprint density at radius 1 is 1.36 bits per heavy atom. The Morgan fingerprint density at radius 2 is 2.09 bits per heavy atom. The maximum absolute atomic E-state index is 11.8. The number of amides is 1. The van der Waals surface area contributed by atoms with E-state index < -0.39 is 12.0 Å². The average Bonchev–Trinajstić information content (AvgIpc) is 3.28. The summed E-state index contributed by atoms with van der Waals surface area (Å²) < 4.78 is 5.62. The van der Waals surface area contributed by atoms with Crippen molar-refractivity contribution in [1.82, 2.24) is 5.32 Å². The molecule has 1 unspecified atom stereocenters. The molecule has 2 N–H and O–H groups in total. The largest absolute Gasteiger partial charge is 0.493 e. The van der Waals surface area contributed by atoms with Crippen LogP contribution in [0.1, 0.15) is 37.7 Å². The van der Waals surface area contributed by atoms with Crippen molar-refractivity contribution in [2.24, 2.45) is 5.92 Å². The lowest BCUT2D eigenvalue weighted by atomic mass is 10.1. The molecule has 1 aliphatic rings. The van der Waals surface area contributed by atoms with E-state index in [1.54, 1.807) is 0 Å². The molecule has 2 rings (SSSR count). The van der Waals surface area contributed by atoms with Crippen molar-refractivity contribution in [3.05, 3.63) is 29.8 Å². The lowest BCUT2D eigenvalue weighted by Crippen LogP contribution is -2.41. The molecule has 0 spiro atoms. The topological polar surface area (TPSA) is 75.6 Å². The second kappa shape index (κ2) is 7.82. The van der Waals surface area contributed by atoms with Crippen LogP contribution in [0.5, 0.6) is 5.75 Å². The zero-order valence-electron chi connectivity index (χ0n) is 12.9. The zero-order chi connectivity index (χ0) is 15.9. The number of carbonyl (C=O) groups excluding carboxylic acids is 1. The SMILES string of the molecule is Cc1ccccc1OCCCC(=O)NC(CC1CC1)C(=O)O. The van der Waals surface area contributed by atoms with E-state index in [2.05, 4.69) is 5.32 Å². The Hall–Kier alpha value is -2.04. The molecule has 0 saturated heterocycles. The number of hydrogen-bond donors (Lipinski definition) is 2. The first-order chi connectivity index (χ1) is 10.6. The summed E-state index contributed by atoms with van der Waals surface area (Å²) in [7, 11) is 0. The minimum absolute atomic E-state index is 0.221. The van der Waals surface area contributed by atoms with Gasteiger partial charge >= 0.3 is 5.97 Å². The van der Waals surface area contributed by atoms with E-state index in [0.717, 1.165) is 24.2 Å². The Labute approximate surface area is 130 Å². The van der Waals surface area contributed by atoms with Crippen molar-refractivity contribution in [2.75, 3.05) is 6.61 Å². The molecule has 5 nitrogen and oxygen atoms in total. The first-order valence-electron chi connectivity index (χ1n) is 7.77. The monoisotopic (exact) mass is 305 g/mol. The molecule has 0 aromatic heterocycles. The van der Waals surface area contributed by atoms with Gasteiger partial charge in [0.05, 0.1) is 6.61 Å². The summed E-state index contributed by atoms with van der Waals surface area (Å²) in [6.07, 6.45) is 3.53. The summed E-state index contributed by atoms with van der Waals surface area (Å²) in [5.41, 5.74) is 1.06. The van der Waals surface area contributed by atoms with Gasteiger partial charge in [-0.15, -0.1) is 0 Å². The summed E-state index contributed by atoms with van der Waals surface area (Å²) in [6, 6.07) is 6.96. The number of carbonyl (C=O) groups is 2. The predicted molar refractivity (Wildman–Crippen MR) is 82.8 cm³/mol. The van der Waals surface area contributed by atoms with Gasteiger partial charge in [0.2, 0.25) is 5.91 Å². The van der Waals surface area contributed by atoms with Crippen molar-refractivity contribution >= 4 is 11.9 Å². The molecule has 0 aliphatic heterocycles. The van der Waals surface area contributed by atoms with Crippen LogP contribution >= 0.6 is 0 Å². The molecule has 1 atom stereocenters. The number of carboxylic acid groups (broad SMARTS) is 1. The van der Waals surface area contributed by atoms with Crippen molar-refractivity contribution in [3.8, 4) is 5.75 Å². The van der Waals surface area contributed by atoms with Crippen molar-refractivity contribution in [1.29, 1.82) is 0 Å². The standard InChI is InChI=1S/C17H23NO4/c1-12-5-2-3-6-15(12)22-10-4-7-16(19)18-14(17(20)21)11-13-8-9-13/h2-3,5-6,13-14H,4,7-11H2,1H3,(H,18,19)(H,20,21). The van der Waals surface area contributed by atoms with E-state index in [9.17, 15) is 9.59 Å².